The third-order valence-corrected chi connectivity index (χ3v) is 3.42. The van der Waals surface area contributed by atoms with Gasteiger partial charge in [-0.05, 0) is 30.4 Å². The van der Waals surface area contributed by atoms with Gasteiger partial charge < -0.3 is 5.32 Å². The highest BCUT2D eigenvalue weighted by molar-refractivity contribution is 7.05. The predicted molar refractivity (Wildman–Crippen MR) is 65.7 cm³/mol. The Bertz CT molecular complexity index is 363. The Labute approximate surface area is 109 Å². The second kappa shape index (κ2) is 6.47. The number of nitrogens with one attached hydrogen (secondary N) is 1. The Hall–Kier alpha value is -0.690. The summed E-state index contributed by atoms with van der Waals surface area (Å²) < 4.78 is 40.8. The lowest BCUT2D eigenvalue weighted by Crippen LogP contribution is -2.23. The number of hydrogen-bond acceptors (Lipinski definition) is 4. The van der Waals surface area contributed by atoms with Crippen molar-refractivity contribution in [2.75, 3.05) is 6.54 Å². The molecule has 0 saturated heterocycles. The molecule has 18 heavy (non-hydrogen) atoms. The molecule has 0 aromatic carbocycles. The van der Waals surface area contributed by atoms with Crippen LogP contribution in [0.15, 0.2) is 0 Å². The minimum Gasteiger partial charge on any atom is -0.309 e. The Balaban J connectivity index is 2.80. The lowest BCUT2D eigenvalue weighted by atomic mass is 10.0. The molecule has 1 aromatic heterocycles. The fourth-order valence-corrected chi connectivity index (χ4v) is 2.64. The van der Waals surface area contributed by atoms with Gasteiger partial charge in [-0.25, -0.2) is 0 Å². The SMILES string of the molecule is CCNC(CCC(F)(F)F)c1snnc1C(C)C. The van der Waals surface area contributed by atoms with Crippen molar-refractivity contribution in [2.45, 2.75) is 51.7 Å². The number of halogens is 3. The zero-order valence-corrected chi connectivity index (χ0v) is 11.5. The van der Waals surface area contributed by atoms with E-state index < -0.39 is 12.6 Å². The topological polar surface area (TPSA) is 37.8 Å². The van der Waals surface area contributed by atoms with E-state index in [1.807, 2.05) is 20.8 Å². The average Bonchev–Trinajstić information content (AvgIpc) is 2.71. The first-order chi connectivity index (χ1) is 8.35. The summed E-state index contributed by atoms with van der Waals surface area (Å²) in [4.78, 5) is 0.830. The van der Waals surface area contributed by atoms with Crippen molar-refractivity contribution in [3.8, 4) is 0 Å². The van der Waals surface area contributed by atoms with Crippen LogP contribution in [0, 0.1) is 0 Å². The highest BCUT2D eigenvalue weighted by Gasteiger charge is 2.30. The lowest BCUT2D eigenvalue weighted by molar-refractivity contribution is -0.136. The van der Waals surface area contributed by atoms with Crippen LogP contribution in [0.4, 0.5) is 13.2 Å². The summed E-state index contributed by atoms with van der Waals surface area (Å²) in [6.45, 7) is 6.43. The molecule has 0 spiro atoms. The van der Waals surface area contributed by atoms with Gasteiger partial charge in [0.2, 0.25) is 0 Å². The van der Waals surface area contributed by atoms with Crippen molar-refractivity contribution in [1.82, 2.24) is 14.9 Å². The number of nitrogens with zero attached hydrogens (tertiary/aromatic N) is 2. The van der Waals surface area contributed by atoms with Gasteiger partial charge in [-0.3, -0.25) is 0 Å². The van der Waals surface area contributed by atoms with Crippen LogP contribution in [0.25, 0.3) is 0 Å². The summed E-state index contributed by atoms with van der Waals surface area (Å²) in [5.41, 5.74) is 0.799. The number of alkyl halides is 3. The Morgan fingerprint density at radius 3 is 2.50 bits per heavy atom. The van der Waals surface area contributed by atoms with Gasteiger partial charge in [0.25, 0.3) is 0 Å². The third-order valence-electron chi connectivity index (χ3n) is 2.57. The monoisotopic (exact) mass is 281 g/mol. The van der Waals surface area contributed by atoms with Gasteiger partial charge in [0.05, 0.1) is 10.6 Å². The molecule has 7 heteroatoms. The molecule has 1 aromatic rings. The van der Waals surface area contributed by atoms with Crippen LogP contribution in [0.3, 0.4) is 0 Å². The largest absolute Gasteiger partial charge is 0.389 e. The standard InChI is InChI=1S/C11H18F3N3S/c1-4-15-8(5-6-11(12,13)14)10-9(7(2)3)16-17-18-10/h7-8,15H,4-6H2,1-3H3. The molecule has 1 heterocycles. The van der Waals surface area contributed by atoms with E-state index in [1.165, 1.54) is 11.5 Å². The molecule has 0 radical (unpaired) electrons. The van der Waals surface area contributed by atoms with E-state index in [9.17, 15) is 13.2 Å². The smallest absolute Gasteiger partial charge is 0.309 e. The summed E-state index contributed by atoms with van der Waals surface area (Å²) >= 11 is 1.19. The average molecular weight is 281 g/mol. The summed E-state index contributed by atoms with van der Waals surface area (Å²) in [6.07, 6.45) is -4.88. The van der Waals surface area contributed by atoms with Gasteiger partial charge in [0.1, 0.15) is 0 Å². The second-order valence-electron chi connectivity index (χ2n) is 4.44. The zero-order chi connectivity index (χ0) is 13.8. The van der Waals surface area contributed by atoms with Crippen LogP contribution in [0.1, 0.15) is 56.1 Å². The second-order valence-corrected chi connectivity index (χ2v) is 5.23. The Kier molecular flexibility index (Phi) is 5.52. The molecule has 0 saturated carbocycles. The van der Waals surface area contributed by atoms with Crippen LogP contribution in [0.2, 0.25) is 0 Å². The van der Waals surface area contributed by atoms with E-state index in [-0.39, 0.29) is 18.4 Å². The first kappa shape index (κ1) is 15.4. The molecule has 0 amide bonds. The normalized spacial score (nSPS) is 14.2. The molecule has 104 valence electrons. The van der Waals surface area contributed by atoms with E-state index in [0.29, 0.717) is 6.54 Å². The lowest BCUT2D eigenvalue weighted by Gasteiger charge is -2.18. The van der Waals surface area contributed by atoms with Crippen molar-refractivity contribution in [2.24, 2.45) is 0 Å². The number of aromatic nitrogens is 2. The van der Waals surface area contributed by atoms with Crippen LogP contribution in [-0.2, 0) is 0 Å². The summed E-state index contributed by atoms with van der Waals surface area (Å²) in [5, 5.41) is 7.09. The first-order valence-electron chi connectivity index (χ1n) is 5.97. The molecule has 0 aliphatic rings. The predicted octanol–water partition coefficient (Wildman–Crippen LogP) is 3.65. The molecule has 0 bridgehead atoms. The Morgan fingerprint density at radius 1 is 1.33 bits per heavy atom. The Morgan fingerprint density at radius 2 is 2.00 bits per heavy atom. The first-order valence-corrected chi connectivity index (χ1v) is 6.74. The highest BCUT2D eigenvalue weighted by atomic mass is 32.1. The molecular formula is C11H18F3N3S. The molecule has 0 aliphatic heterocycles. The van der Waals surface area contributed by atoms with E-state index in [2.05, 4.69) is 14.9 Å². The van der Waals surface area contributed by atoms with E-state index in [4.69, 9.17) is 0 Å². The summed E-state index contributed by atoms with van der Waals surface area (Å²) in [6, 6.07) is -0.311. The third kappa shape index (κ3) is 4.53. The van der Waals surface area contributed by atoms with Crippen molar-refractivity contribution < 1.29 is 13.2 Å². The molecule has 1 unspecified atom stereocenters. The fourth-order valence-electron chi connectivity index (χ4n) is 1.73. The summed E-state index contributed by atoms with van der Waals surface area (Å²) in [5.74, 6) is 0.172. The van der Waals surface area contributed by atoms with Gasteiger partial charge in [0.15, 0.2) is 0 Å². The van der Waals surface area contributed by atoms with Crippen molar-refractivity contribution in [3.05, 3.63) is 10.6 Å². The van der Waals surface area contributed by atoms with Gasteiger partial charge >= 0.3 is 6.18 Å². The molecule has 0 aliphatic carbocycles. The zero-order valence-electron chi connectivity index (χ0n) is 10.7. The van der Waals surface area contributed by atoms with Gasteiger partial charge in [-0.2, -0.15) is 13.2 Å². The van der Waals surface area contributed by atoms with Crippen LogP contribution in [0.5, 0.6) is 0 Å². The minimum atomic E-state index is -4.12. The van der Waals surface area contributed by atoms with E-state index in [0.717, 1.165) is 10.6 Å². The number of rotatable bonds is 6. The maximum Gasteiger partial charge on any atom is 0.389 e. The van der Waals surface area contributed by atoms with Crippen molar-refractivity contribution in [1.29, 1.82) is 0 Å². The molecule has 1 rings (SSSR count). The van der Waals surface area contributed by atoms with Gasteiger partial charge in [-0.1, -0.05) is 25.3 Å². The molecule has 0 fully saturated rings. The van der Waals surface area contributed by atoms with Gasteiger partial charge in [-0.15, -0.1) is 5.10 Å². The molecular weight excluding hydrogens is 263 g/mol. The van der Waals surface area contributed by atoms with E-state index >= 15 is 0 Å². The van der Waals surface area contributed by atoms with Crippen molar-refractivity contribution >= 4 is 11.5 Å². The van der Waals surface area contributed by atoms with Crippen LogP contribution in [-0.4, -0.2) is 22.3 Å². The van der Waals surface area contributed by atoms with Crippen LogP contribution >= 0.6 is 11.5 Å². The molecule has 1 atom stereocenters. The highest BCUT2D eigenvalue weighted by Crippen LogP contribution is 2.32. The minimum absolute atomic E-state index is 0.0287. The van der Waals surface area contributed by atoms with E-state index in [1.54, 1.807) is 0 Å². The fraction of sp³-hybridized carbons (Fsp3) is 0.818. The number of hydrogen-bond donors (Lipinski definition) is 1. The van der Waals surface area contributed by atoms with Crippen LogP contribution < -0.4 is 5.32 Å². The molecule has 1 N–H and O–H groups in total. The van der Waals surface area contributed by atoms with Crippen molar-refractivity contribution in [3.63, 3.8) is 0 Å². The summed E-state index contributed by atoms with van der Waals surface area (Å²) in [7, 11) is 0. The van der Waals surface area contributed by atoms with Gasteiger partial charge in [0, 0.05) is 12.5 Å². The molecule has 3 nitrogen and oxygen atoms in total. The quantitative estimate of drug-likeness (QED) is 0.864. The maximum atomic E-state index is 12.3. The maximum absolute atomic E-state index is 12.3.